The van der Waals surface area contributed by atoms with E-state index in [0.29, 0.717) is 11.4 Å². The topological polar surface area (TPSA) is 64.3 Å². The highest BCUT2D eigenvalue weighted by Gasteiger charge is 2.21. The second-order valence-electron chi connectivity index (χ2n) is 5.51. The number of benzene rings is 1. The number of para-hydroxylation sites is 2. The Labute approximate surface area is 120 Å². The molecule has 1 fully saturated rings. The van der Waals surface area contributed by atoms with Crippen molar-refractivity contribution in [1.29, 1.82) is 0 Å². The van der Waals surface area contributed by atoms with Gasteiger partial charge in [-0.1, -0.05) is 38.3 Å². The maximum Gasteiger partial charge on any atom is 0.250 e. The number of carbonyl (C=O) groups excluding carboxylic acids is 1. The Hall–Kier alpha value is -1.55. The van der Waals surface area contributed by atoms with Crippen molar-refractivity contribution in [3.8, 4) is 0 Å². The fraction of sp³-hybridized carbons (Fsp3) is 0.562. The zero-order valence-electron chi connectivity index (χ0n) is 12.1. The summed E-state index contributed by atoms with van der Waals surface area (Å²) in [5, 5.41) is 2.79. The minimum atomic E-state index is -0.137. The van der Waals surface area contributed by atoms with Crippen molar-refractivity contribution >= 4 is 17.3 Å². The van der Waals surface area contributed by atoms with Crippen LogP contribution < -0.4 is 11.1 Å². The Kier molecular flexibility index (Phi) is 5.41. The Morgan fingerprint density at radius 3 is 2.95 bits per heavy atom. The molecule has 0 heterocycles. The summed E-state index contributed by atoms with van der Waals surface area (Å²) in [6.45, 7) is 2.33. The maximum atomic E-state index is 11.9. The monoisotopic (exact) mass is 276 g/mol. The van der Waals surface area contributed by atoms with Crippen LogP contribution in [-0.2, 0) is 9.53 Å². The van der Waals surface area contributed by atoms with Crippen molar-refractivity contribution in [2.24, 2.45) is 5.92 Å². The predicted octanol–water partition coefficient (Wildman–Crippen LogP) is 3.19. The SMILES string of the molecule is CCC1CCCC(OCC(=O)Nc2ccccc2N)C1. The Balaban J connectivity index is 1.76. The Bertz CT molecular complexity index is 448. The van der Waals surface area contributed by atoms with Crippen LogP contribution in [0.15, 0.2) is 24.3 Å². The molecule has 0 saturated heterocycles. The highest BCUT2D eigenvalue weighted by Crippen LogP contribution is 2.28. The number of hydrogen-bond donors (Lipinski definition) is 2. The molecule has 2 atom stereocenters. The molecule has 20 heavy (non-hydrogen) atoms. The van der Waals surface area contributed by atoms with Gasteiger partial charge in [-0.05, 0) is 30.9 Å². The molecule has 110 valence electrons. The van der Waals surface area contributed by atoms with E-state index in [1.807, 2.05) is 12.1 Å². The summed E-state index contributed by atoms with van der Waals surface area (Å²) < 4.78 is 5.74. The molecule has 2 rings (SSSR count). The van der Waals surface area contributed by atoms with E-state index in [4.69, 9.17) is 10.5 Å². The third-order valence-corrected chi connectivity index (χ3v) is 4.00. The largest absolute Gasteiger partial charge is 0.397 e. The van der Waals surface area contributed by atoms with Crippen molar-refractivity contribution in [1.82, 2.24) is 0 Å². The number of carbonyl (C=O) groups is 1. The van der Waals surface area contributed by atoms with Gasteiger partial charge in [-0.15, -0.1) is 0 Å². The number of ether oxygens (including phenoxy) is 1. The summed E-state index contributed by atoms with van der Waals surface area (Å²) in [7, 11) is 0. The van der Waals surface area contributed by atoms with Crippen LogP contribution in [-0.4, -0.2) is 18.6 Å². The van der Waals surface area contributed by atoms with E-state index < -0.39 is 0 Å². The summed E-state index contributed by atoms with van der Waals surface area (Å²) in [6, 6.07) is 7.25. The van der Waals surface area contributed by atoms with Crippen molar-refractivity contribution in [2.45, 2.75) is 45.1 Å². The molecule has 1 aromatic carbocycles. The molecule has 1 aliphatic carbocycles. The Morgan fingerprint density at radius 2 is 2.20 bits per heavy atom. The zero-order chi connectivity index (χ0) is 14.4. The van der Waals surface area contributed by atoms with Crippen LogP contribution in [0.4, 0.5) is 11.4 Å². The van der Waals surface area contributed by atoms with Gasteiger partial charge in [0.2, 0.25) is 5.91 Å². The van der Waals surface area contributed by atoms with Gasteiger partial charge in [0.15, 0.2) is 0 Å². The van der Waals surface area contributed by atoms with Gasteiger partial charge in [-0.3, -0.25) is 4.79 Å². The van der Waals surface area contributed by atoms with Crippen molar-refractivity contribution in [3.05, 3.63) is 24.3 Å². The van der Waals surface area contributed by atoms with E-state index in [9.17, 15) is 4.79 Å². The molecule has 0 bridgehead atoms. The van der Waals surface area contributed by atoms with Gasteiger partial charge < -0.3 is 15.8 Å². The molecule has 0 spiro atoms. The number of amides is 1. The molecule has 0 radical (unpaired) electrons. The van der Waals surface area contributed by atoms with Gasteiger partial charge in [0, 0.05) is 0 Å². The number of anilines is 2. The van der Waals surface area contributed by atoms with Crippen LogP contribution in [0.1, 0.15) is 39.0 Å². The Morgan fingerprint density at radius 1 is 1.40 bits per heavy atom. The third-order valence-electron chi connectivity index (χ3n) is 4.00. The average Bonchev–Trinajstić information content (AvgIpc) is 2.48. The first kappa shape index (κ1) is 14.9. The van der Waals surface area contributed by atoms with E-state index in [2.05, 4.69) is 12.2 Å². The van der Waals surface area contributed by atoms with Gasteiger partial charge in [-0.25, -0.2) is 0 Å². The van der Waals surface area contributed by atoms with E-state index in [1.165, 1.54) is 19.3 Å². The van der Waals surface area contributed by atoms with Gasteiger partial charge in [-0.2, -0.15) is 0 Å². The lowest BCUT2D eigenvalue weighted by atomic mass is 9.85. The van der Waals surface area contributed by atoms with Crippen LogP contribution in [0.3, 0.4) is 0 Å². The van der Waals surface area contributed by atoms with E-state index in [1.54, 1.807) is 12.1 Å². The summed E-state index contributed by atoms with van der Waals surface area (Å²) in [6.07, 6.45) is 6.08. The number of nitrogen functional groups attached to an aromatic ring is 1. The number of rotatable bonds is 5. The normalized spacial score (nSPS) is 22.4. The molecule has 3 N–H and O–H groups in total. The molecule has 1 aromatic rings. The number of nitrogens with one attached hydrogen (secondary N) is 1. The minimum absolute atomic E-state index is 0.107. The highest BCUT2D eigenvalue weighted by molar-refractivity contribution is 5.94. The number of hydrogen-bond acceptors (Lipinski definition) is 3. The van der Waals surface area contributed by atoms with Crippen LogP contribution in [0.5, 0.6) is 0 Å². The van der Waals surface area contributed by atoms with E-state index >= 15 is 0 Å². The van der Waals surface area contributed by atoms with Crippen LogP contribution in [0, 0.1) is 5.92 Å². The second kappa shape index (κ2) is 7.29. The predicted molar refractivity (Wildman–Crippen MR) is 81.5 cm³/mol. The first-order chi connectivity index (χ1) is 9.69. The fourth-order valence-electron chi connectivity index (χ4n) is 2.75. The first-order valence-electron chi connectivity index (χ1n) is 7.45. The van der Waals surface area contributed by atoms with Crippen LogP contribution >= 0.6 is 0 Å². The molecule has 0 aliphatic heterocycles. The van der Waals surface area contributed by atoms with Crippen LogP contribution in [0.2, 0.25) is 0 Å². The molecule has 1 amide bonds. The van der Waals surface area contributed by atoms with Gasteiger partial charge in [0.25, 0.3) is 0 Å². The summed E-state index contributed by atoms with van der Waals surface area (Å²) in [5.74, 6) is 0.614. The smallest absolute Gasteiger partial charge is 0.250 e. The summed E-state index contributed by atoms with van der Waals surface area (Å²) in [5.41, 5.74) is 7.01. The third kappa shape index (κ3) is 4.23. The molecule has 1 saturated carbocycles. The lowest BCUT2D eigenvalue weighted by Gasteiger charge is -2.28. The molecule has 1 aliphatic rings. The quantitative estimate of drug-likeness (QED) is 0.812. The van der Waals surface area contributed by atoms with Gasteiger partial charge in [0.05, 0.1) is 17.5 Å². The first-order valence-corrected chi connectivity index (χ1v) is 7.45. The lowest BCUT2D eigenvalue weighted by molar-refractivity contribution is -0.123. The molecule has 4 nitrogen and oxygen atoms in total. The van der Waals surface area contributed by atoms with Crippen molar-refractivity contribution in [3.63, 3.8) is 0 Å². The highest BCUT2D eigenvalue weighted by atomic mass is 16.5. The van der Waals surface area contributed by atoms with E-state index in [0.717, 1.165) is 18.8 Å². The minimum Gasteiger partial charge on any atom is -0.397 e. The molecular weight excluding hydrogens is 252 g/mol. The summed E-state index contributed by atoms with van der Waals surface area (Å²) >= 11 is 0. The van der Waals surface area contributed by atoms with Crippen LogP contribution in [0.25, 0.3) is 0 Å². The number of nitrogens with two attached hydrogens (primary N) is 1. The molecule has 4 heteroatoms. The van der Waals surface area contributed by atoms with Gasteiger partial charge in [0.1, 0.15) is 6.61 Å². The zero-order valence-corrected chi connectivity index (χ0v) is 12.1. The molecular formula is C16H24N2O2. The molecule has 0 aromatic heterocycles. The molecule has 2 unspecified atom stereocenters. The maximum absolute atomic E-state index is 11.9. The standard InChI is InChI=1S/C16H24N2O2/c1-2-12-6-5-7-13(10-12)20-11-16(19)18-15-9-4-3-8-14(15)17/h3-4,8-9,12-13H,2,5-7,10-11,17H2,1H3,(H,18,19). The van der Waals surface area contributed by atoms with Crippen molar-refractivity contribution in [2.75, 3.05) is 17.7 Å². The fourth-order valence-corrected chi connectivity index (χ4v) is 2.75. The van der Waals surface area contributed by atoms with E-state index in [-0.39, 0.29) is 18.6 Å². The second-order valence-corrected chi connectivity index (χ2v) is 5.51. The summed E-state index contributed by atoms with van der Waals surface area (Å²) in [4.78, 5) is 11.9. The average molecular weight is 276 g/mol. The van der Waals surface area contributed by atoms with Crippen molar-refractivity contribution < 1.29 is 9.53 Å². The lowest BCUT2D eigenvalue weighted by Crippen LogP contribution is -2.27. The van der Waals surface area contributed by atoms with Gasteiger partial charge >= 0.3 is 0 Å².